The molecule has 1 aliphatic heterocycles. The van der Waals surface area contributed by atoms with Crippen molar-refractivity contribution in [3.8, 4) is 11.1 Å². The number of hydrogen-bond donors (Lipinski definition) is 1. The Balaban J connectivity index is 1.77. The van der Waals surface area contributed by atoms with Crippen LogP contribution >= 0.6 is 23.2 Å². The van der Waals surface area contributed by atoms with Crippen molar-refractivity contribution in [3.05, 3.63) is 94.0 Å². The van der Waals surface area contributed by atoms with Crippen LogP contribution < -0.4 is 0 Å². The first kappa shape index (κ1) is 20.0. The topological polar surface area (TPSA) is 40.5 Å². The molecule has 3 nitrogen and oxygen atoms in total. The van der Waals surface area contributed by atoms with Crippen LogP contribution in [0.25, 0.3) is 11.1 Å². The van der Waals surface area contributed by atoms with Gasteiger partial charge in [-0.3, -0.25) is 9.69 Å². The molecule has 0 aliphatic carbocycles. The van der Waals surface area contributed by atoms with Crippen molar-refractivity contribution in [3.63, 3.8) is 0 Å². The quantitative estimate of drug-likeness (QED) is 0.521. The van der Waals surface area contributed by atoms with Gasteiger partial charge in [-0.05, 0) is 47.2 Å². The lowest BCUT2D eigenvalue weighted by atomic mass is 9.94. The number of nitrogens with zero attached hydrogens (tertiary/aromatic N) is 1. The van der Waals surface area contributed by atoms with Crippen LogP contribution in [0.3, 0.4) is 0 Å². The van der Waals surface area contributed by atoms with Gasteiger partial charge < -0.3 is 5.11 Å². The summed E-state index contributed by atoms with van der Waals surface area (Å²) in [5.74, 6) is -0.793. The van der Waals surface area contributed by atoms with Crippen LogP contribution in [0, 0.1) is 0 Å². The zero-order valence-corrected chi connectivity index (χ0v) is 17.3. The molecule has 1 saturated heterocycles. The normalized spacial score (nSPS) is 17.9. The lowest BCUT2D eigenvalue weighted by molar-refractivity contribution is -0.142. The average Bonchev–Trinajstić information content (AvgIpc) is 3.21. The summed E-state index contributed by atoms with van der Waals surface area (Å²) >= 11 is 12.7. The van der Waals surface area contributed by atoms with Gasteiger partial charge >= 0.3 is 5.97 Å². The molecule has 148 valence electrons. The third kappa shape index (κ3) is 4.18. The molecule has 1 N–H and O–H groups in total. The molecule has 2 unspecified atom stereocenters. The predicted molar refractivity (Wildman–Crippen MR) is 118 cm³/mol. The van der Waals surface area contributed by atoms with Gasteiger partial charge in [-0.1, -0.05) is 83.9 Å². The average molecular weight is 426 g/mol. The van der Waals surface area contributed by atoms with Gasteiger partial charge in [-0.2, -0.15) is 0 Å². The highest BCUT2D eigenvalue weighted by Crippen LogP contribution is 2.39. The summed E-state index contributed by atoms with van der Waals surface area (Å²) in [6.07, 6.45) is 1.49. The van der Waals surface area contributed by atoms with E-state index in [0.29, 0.717) is 23.0 Å². The predicted octanol–water partition coefficient (Wildman–Crippen LogP) is 6.30. The maximum atomic E-state index is 11.9. The first-order valence-electron chi connectivity index (χ1n) is 9.63. The fourth-order valence-corrected chi connectivity index (χ4v) is 4.64. The molecule has 4 rings (SSSR count). The molecular weight excluding hydrogens is 405 g/mol. The summed E-state index contributed by atoms with van der Waals surface area (Å²) in [4.78, 5) is 13.9. The van der Waals surface area contributed by atoms with Crippen molar-refractivity contribution < 1.29 is 9.90 Å². The largest absolute Gasteiger partial charge is 0.480 e. The number of carboxylic acids is 1. The number of likely N-dealkylation sites (tertiary alicyclic amines) is 1. The zero-order chi connectivity index (χ0) is 20.4. The summed E-state index contributed by atoms with van der Waals surface area (Å²) in [5, 5.41) is 10.8. The van der Waals surface area contributed by atoms with E-state index in [9.17, 15) is 9.90 Å². The van der Waals surface area contributed by atoms with Gasteiger partial charge in [0.25, 0.3) is 0 Å². The molecule has 1 aliphatic rings. The maximum absolute atomic E-state index is 11.9. The van der Waals surface area contributed by atoms with Crippen molar-refractivity contribution in [2.45, 2.75) is 24.9 Å². The van der Waals surface area contributed by atoms with E-state index in [-0.39, 0.29) is 6.04 Å². The molecule has 5 heteroatoms. The molecular formula is C24H21Cl2NO2. The number of hydrogen-bond acceptors (Lipinski definition) is 2. The van der Waals surface area contributed by atoms with Crippen LogP contribution in [0.4, 0.5) is 0 Å². The van der Waals surface area contributed by atoms with E-state index in [4.69, 9.17) is 23.2 Å². The Bertz CT molecular complexity index is 1010. The second-order valence-corrected chi connectivity index (χ2v) is 8.13. The molecule has 0 amide bonds. The van der Waals surface area contributed by atoms with Crippen molar-refractivity contribution in [1.29, 1.82) is 0 Å². The molecule has 2 atom stereocenters. The Labute approximate surface area is 180 Å². The van der Waals surface area contributed by atoms with Gasteiger partial charge in [0, 0.05) is 16.6 Å². The third-order valence-corrected chi connectivity index (χ3v) is 6.06. The van der Waals surface area contributed by atoms with Crippen LogP contribution in [0.1, 0.15) is 30.0 Å². The molecule has 29 heavy (non-hydrogen) atoms. The summed E-state index contributed by atoms with van der Waals surface area (Å²) in [5.41, 5.74) is 4.15. The molecule has 3 aromatic rings. The van der Waals surface area contributed by atoms with Gasteiger partial charge in [0.05, 0.1) is 6.04 Å². The van der Waals surface area contributed by atoms with E-state index >= 15 is 0 Å². The maximum Gasteiger partial charge on any atom is 0.320 e. The smallest absolute Gasteiger partial charge is 0.320 e. The lowest BCUT2D eigenvalue weighted by Gasteiger charge is -2.32. The SMILES string of the molecule is O=C(O)C1CCCN1C(c1ccc(-c2ccccc2)cc1)c1ccc(Cl)cc1Cl. The van der Waals surface area contributed by atoms with Crippen LogP contribution in [-0.4, -0.2) is 28.6 Å². The number of benzene rings is 3. The van der Waals surface area contributed by atoms with E-state index < -0.39 is 12.0 Å². The van der Waals surface area contributed by atoms with Gasteiger partial charge in [0.2, 0.25) is 0 Å². The number of halogens is 2. The van der Waals surface area contributed by atoms with Crippen LogP contribution in [0.15, 0.2) is 72.8 Å². The zero-order valence-electron chi connectivity index (χ0n) is 15.8. The molecule has 1 fully saturated rings. The Hall–Kier alpha value is -2.33. The molecule has 0 aromatic heterocycles. The van der Waals surface area contributed by atoms with Crippen LogP contribution in [0.5, 0.6) is 0 Å². The molecule has 3 aromatic carbocycles. The first-order valence-corrected chi connectivity index (χ1v) is 10.4. The minimum absolute atomic E-state index is 0.242. The van der Waals surface area contributed by atoms with E-state index in [2.05, 4.69) is 36.4 Å². The van der Waals surface area contributed by atoms with E-state index in [0.717, 1.165) is 28.7 Å². The highest BCUT2D eigenvalue weighted by molar-refractivity contribution is 6.35. The Morgan fingerprint density at radius 2 is 1.66 bits per heavy atom. The van der Waals surface area contributed by atoms with Gasteiger partial charge in [0.15, 0.2) is 0 Å². The number of carbonyl (C=O) groups is 1. The van der Waals surface area contributed by atoms with Crippen molar-refractivity contribution in [2.24, 2.45) is 0 Å². The molecule has 1 heterocycles. The van der Waals surface area contributed by atoms with Crippen molar-refractivity contribution in [2.75, 3.05) is 6.54 Å². The van der Waals surface area contributed by atoms with Crippen LogP contribution in [-0.2, 0) is 4.79 Å². The standard InChI is InChI=1S/C24H21Cl2NO2/c25-19-12-13-20(21(26)15-19)23(27-14-4-7-22(27)24(28)29)18-10-8-17(9-11-18)16-5-2-1-3-6-16/h1-3,5-6,8-13,15,22-23H,4,7,14H2,(H,28,29). The molecule has 0 spiro atoms. The van der Waals surface area contributed by atoms with Gasteiger partial charge in [0.1, 0.15) is 6.04 Å². The second kappa shape index (κ2) is 8.58. The minimum Gasteiger partial charge on any atom is -0.480 e. The van der Waals surface area contributed by atoms with Crippen molar-refractivity contribution in [1.82, 2.24) is 4.90 Å². The minimum atomic E-state index is -0.793. The number of carboxylic acid groups (broad SMARTS) is 1. The number of aliphatic carboxylic acids is 1. The van der Waals surface area contributed by atoms with E-state index in [1.807, 2.05) is 29.2 Å². The van der Waals surface area contributed by atoms with E-state index in [1.54, 1.807) is 12.1 Å². The summed E-state index contributed by atoms with van der Waals surface area (Å²) in [6.45, 7) is 0.709. The Morgan fingerprint density at radius 3 is 2.31 bits per heavy atom. The first-order chi connectivity index (χ1) is 14.0. The monoisotopic (exact) mass is 425 g/mol. The van der Waals surface area contributed by atoms with Crippen LogP contribution in [0.2, 0.25) is 10.0 Å². The fraction of sp³-hybridized carbons (Fsp3) is 0.208. The summed E-state index contributed by atoms with van der Waals surface area (Å²) in [7, 11) is 0. The Morgan fingerprint density at radius 1 is 0.966 bits per heavy atom. The highest BCUT2D eigenvalue weighted by Gasteiger charge is 2.37. The summed E-state index contributed by atoms with van der Waals surface area (Å²) < 4.78 is 0. The Kier molecular flexibility index (Phi) is 5.91. The summed E-state index contributed by atoms with van der Waals surface area (Å²) in [6, 6.07) is 23.1. The highest BCUT2D eigenvalue weighted by atomic mass is 35.5. The van der Waals surface area contributed by atoms with Crippen molar-refractivity contribution >= 4 is 29.2 Å². The van der Waals surface area contributed by atoms with Gasteiger partial charge in [-0.25, -0.2) is 0 Å². The number of rotatable bonds is 5. The van der Waals surface area contributed by atoms with Gasteiger partial charge in [-0.15, -0.1) is 0 Å². The third-order valence-electron chi connectivity index (χ3n) is 5.50. The molecule has 0 saturated carbocycles. The molecule has 0 bridgehead atoms. The second-order valence-electron chi connectivity index (χ2n) is 7.29. The lowest BCUT2D eigenvalue weighted by Crippen LogP contribution is -2.39. The fourth-order valence-electron chi connectivity index (χ4n) is 4.12. The van der Waals surface area contributed by atoms with E-state index in [1.165, 1.54) is 0 Å². The molecule has 0 radical (unpaired) electrons.